The first kappa shape index (κ1) is 16.2. The van der Waals surface area contributed by atoms with Crippen LogP contribution in [0, 0.1) is 6.92 Å². The fourth-order valence-electron chi connectivity index (χ4n) is 4.33. The molecule has 1 aliphatic carbocycles. The van der Waals surface area contributed by atoms with Crippen LogP contribution in [0.15, 0.2) is 18.5 Å². The normalized spacial score (nSPS) is 14.7. The smallest absolute Gasteiger partial charge is 0.308 e. The third-order valence-electron chi connectivity index (χ3n) is 5.84. The summed E-state index contributed by atoms with van der Waals surface area (Å²) in [6.45, 7) is 1.82. The molecule has 0 aliphatic heterocycles. The molecule has 0 unspecified atom stereocenters. The lowest BCUT2D eigenvalue weighted by Crippen LogP contribution is -2.26. The molecule has 1 aliphatic rings. The van der Waals surface area contributed by atoms with Crippen LogP contribution < -0.4 is 20.8 Å². The van der Waals surface area contributed by atoms with E-state index in [-0.39, 0.29) is 23.2 Å². The molecule has 1 fully saturated rings. The number of carbonyl (C=O) groups excluding carboxylic acids is 1. The molecule has 1 saturated carbocycles. The molecule has 5 aromatic rings. The quantitative estimate of drug-likeness (QED) is 0.317. The van der Waals surface area contributed by atoms with Crippen molar-refractivity contribution in [3.05, 3.63) is 29.6 Å². The molecule has 4 heterocycles. The highest BCUT2D eigenvalue weighted by atomic mass is 16.5. The molecule has 4 aromatic heterocycles. The second-order valence-electron chi connectivity index (χ2n) is 7.76. The van der Waals surface area contributed by atoms with E-state index in [0.29, 0.717) is 33.5 Å². The van der Waals surface area contributed by atoms with Crippen molar-refractivity contribution in [2.45, 2.75) is 25.9 Å². The predicted octanol–water partition coefficient (Wildman–Crippen LogP) is 1.39. The number of phenols is 1. The van der Waals surface area contributed by atoms with Crippen LogP contribution in [-0.2, 0) is 7.05 Å². The van der Waals surface area contributed by atoms with E-state index in [1.807, 2.05) is 35.3 Å². The van der Waals surface area contributed by atoms with Gasteiger partial charge < -0.3 is 21.3 Å². The van der Waals surface area contributed by atoms with Gasteiger partial charge in [-0.3, -0.25) is 9.20 Å². The number of aromatic hydroxyl groups is 1. The number of imidazole rings is 1. The maximum atomic E-state index is 12.4. The number of anilines is 1. The van der Waals surface area contributed by atoms with Gasteiger partial charge >= 0.3 is 11.5 Å². The van der Waals surface area contributed by atoms with Gasteiger partial charge in [0.25, 0.3) is 5.91 Å². The number of nitrogens with zero attached hydrogens (tertiary/aromatic N) is 4. The van der Waals surface area contributed by atoms with Crippen molar-refractivity contribution in [1.29, 1.82) is 0 Å². The fraction of sp³-hybridized carbons (Fsp3) is 0.250. The minimum absolute atomic E-state index is 0.0850. The lowest BCUT2D eigenvalue weighted by molar-refractivity contribution is -0.647. The van der Waals surface area contributed by atoms with Crippen molar-refractivity contribution >= 4 is 44.8 Å². The van der Waals surface area contributed by atoms with Crippen molar-refractivity contribution in [1.82, 2.24) is 13.8 Å². The monoisotopic (exact) mass is 391 g/mol. The molecule has 6 rings (SSSR count). The number of benzene rings is 1. The van der Waals surface area contributed by atoms with Crippen LogP contribution in [0.4, 0.5) is 5.82 Å². The molecule has 5 N–H and O–H groups in total. The second kappa shape index (κ2) is 4.99. The van der Waals surface area contributed by atoms with Crippen LogP contribution in [0.2, 0.25) is 0 Å². The molecule has 0 spiro atoms. The van der Waals surface area contributed by atoms with Gasteiger partial charge in [0.15, 0.2) is 6.33 Å². The van der Waals surface area contributed by atoms with E-state index in [1.165, 1.54) is 0 Å². The molecule has 1 amide bonds. The number of amides is 1. The van der Waals surface area contributed by atoms with E-state index in [9.17, 15) is 9.90 Å². The Morgan fingerprint density at radius 1 is 1.31 bits per heavy atom. The number of pyridine rings is 1. The van der Waals surface area contributed by atoms with Crippen LogP contribution in [0.5, 0.6) is 11.6 Å². The van der Waals surface area contributed by atoms with Gasteiger partial charge in [-0.2, -0.15) is 0 Å². The van der Waals surface area contributed by atoms with Gasteiger partial charge in [0.1, 0.15) is 28.7 Å². The molecular formula is C20H19N6O3+. The Kier molecular flexibility index (Phi) is 2.79. The Labute approximate surface area is 164 Å². The first-order valence-corrected chi connectivity index (χ1v) is 9.42. The summed E-state index contributed by atoms with van der Waals surface area (Å²) < 4.78 is 11.8. The fourth-order valence-corrected chi connectivity index (χ4v) is 4.33. The highest BCUT2D eigenvalue weighted by molar-refractivity contribution is 6.19. The Balaban J connectivity index is 1.98. The average Bonchev–Trinajstić information content (AvgIpc) is 3.35. The summed E-state index contributed by atoms with van der Waals surface area (Å²) in [7, 11) is 1.91. The lowest BCUT2D eigenvalue weighted by Gasteiger charge is -2.10. The van der Waals surface area contributed by atoms with Gasteiger partial charge in [0.05, 0.1) is 23.5 Å². The lowest BCUT2D eigenvalue weighted by atomic mass is 10.1. The number of aromatic nitrogens is 4. The summed E-state index contributed by atoms with van der Waals surface area (Å²) in [5, 5.41) is 10.9. The first-order valence-electron chi connectivity index (χ1n) is 9.42. The Morgan fingerprint density at radius 3 is 2.76 bits per heavy atom. The van der Waals surface area contributed by atoms with Gasteiger partial charge in [-0.05, 0) is 31.9 Å². The summed E-state index contributed by atoms with van der Waals surface area (Å²) in [5.74, 6) is 0.0819. The van der Waals surface area contributed by atoms with E-state index in [1.54, 1.807) is 10.5 Å². The van der Waals surface area contributed by atoms with Crippen LogP contribution in [0.1, 0.15) is 28.8 Å². The van der Waals surface area contributed by atoms with Crippen LogP contribution in [0.3, 0.4) is 0 Å². The zero-order valence-electron chi connectivity index (χ0n) is 15.9. The number of ether oxygens (including phenoxy) is 1. The van der Waals surface area contributed by atoms with Gasteiger partial charge in [-0.1, -0.05) is 4.98 Å². The largest absolute Gasteiger partial charge is 0.508 e. The van der Waals surface area contributed by atoms with Crippen molar-refractivity contribution in [2.75, 3.05) is 5.73 Å². The maximum Gasteiger partial charge on any atom is 0.308 e. The summed E-state index contributed by atoms with van der Waals surface area (Å²) in [6, 6.07) is 3.47. The molecule has 1 aromatic carbocycles. The number of aryl methyl sites for hydroxylation is 2. The van der Waals surface area contributed by atoms with Gasteiger partial charge in [0.2, 0.25) is 5.52 Å². The highest BCUT2D eigenvalue weighted by Crippen LogP contribution is 2.43. The number of hydrogen-bond acceptors (Lipinski definition) is 5. The molecule has 146 valence electrons. The number of rotatable bonds is 3. The van der Waals surface area contributed by atoms with Crippen LogP contribution in [0.25, 0.3) is 33.1 Å². The van der Waals surface area contributed by atoms with Crippen molar-refractivity contribution < 1.29 is 19.2 Å². The van der Waals surface area contributed by atoms with Crippen molar-refractivity contribution in [2.24, 2.45) is 12.8 Å². The second-order valence-corrected chi connectivity index (χ2v) is 7.76. The summed E-state index contributed by atoms with van der Waals surface area (Å²) >= 11 is 0. The zero-order valence-corrected chi connectivity index (χ0v) is 15.9. The summed E-state index contributed by atoms with van der Waals surface area (Å²) in [6.07, 6.45) is 3.91. The van der Waals surface area contributed by atoms with Crippen LogP contribution >= 0.6 is 0 Å². The van der Waals surface area contributed by atoms with Gasteiger partial charge in [-0.15, -0.1) is 0 Å². The summed E-state index contributed by atoms with van der Waals surface area (Å²) in [4.78, 5) is 17.2. The maximum absolute atomic E-state index is 12.4. The molecule has 0 saturated heterocycles. The third kappa shape index (κ3) is 1.86. The number of hydrogen-bond donors (Lipinski definition) is 3. The van der Waals surface area contributed by atoms with Crippen molar-refractivity contribution in [3.63, 3.8) is 0 Å². The highest BCUT2D eigenvalue weighted by Gasteiger charge is 2.35. The minimum atomic E-state index is -0.642. The molecule has 9 nitrogen and oxygen atoms in total. The van der Waals surface area contributed by atoms with Crippen molar-refractivity contribution in [3.8, 4) is 11.6 Å². The number of nitrogen functional groups attached to an aromatic ring is 1. The number of fused-ring (bicyclic) bond motifs is 3. The van der Waals surface area contributed by atoms with E-state index in [0.717, 1.165) is 23.9 Å². The molecule has 29 heavy (non-hydrogen) atoms. The van der Waals surface area contributed by atoms with Crippen LogP contribution in [-0.4, -0.2) is 30.9 Å². The Hall–Kier alpha value is -3.75. The molecule has 0 bridgehead atoms. The molecule has 9 heteroatoms. The number of phenolic OH excluding ortho intramolecular Hbond substituents is 1. The van der Waals surface area contributed by atoms with E-state index < -0.39 is 5.91 Å². The van der Waals surface area contributed by atoms with Gasteiger partial charge in [0, 0.05) is 5.56 Å². The van der Waals surface area contributed by atoms with E-state index >= 15 is 0 Å². The number of carbonyl (C=O) groups is 1. The first-order chi connectivity index (χ1) is 13.9. The molecule has 0 radical (unpaired) electrons. The Morgan fingerprint density at radius 2 is 2.07 bits per heavy atom. The summed E-state index contributed by atoms with van der Waals surface area (Å²) in [5.41, 5.74) is 16.8. The molecular weight excluding hydrogens is 372 g/mol. The zero-order chi connectivity index (χ0) is 20.2. The standard InChI is InChI=1S/C20H18N6O3/c1-8-11(27)6-5-10-14(8)26-15-12(13(17(26)21)18(22)28)20(29-9-3-4-9)23-19-16(15)25(10)7-24(19)2/h5-7,9H,3-4H2,1-2H3,(H4-,21,22,27,28)/p+1. The average molecular weight is 391 g/mol. The number of primary amides is 1. The van der Waals surface area contributed by atoms with Gasteiger partial charge in [-0.25, -0.2) is 8.97 Å². The SMILES string of the molecule is Cc1c(O)ccc2c1n1c(N)c(C(N)=O)c3c(OC4CC4)nc4c(c31)n2c[n+]4C. The topological polar surface area (TPSA) is 124 Å². The Bertz CT molecular complexity index is 1510. The predicted molar refractivity (Wildman–Crippen MR) is 107 cm³/mol. The van der Waals surface area contributed by atoms with E-state index in [2.05, 4.69) is 0 Å². The molecule has 0 atom stereocenters. The minimum Gasteiger partial charge on any atom is -0.508 e. The third-order valence-corrected chi connectivity index (χ3v) is 5.84. The number of nitrogens with two attached hydrogens (primary N) is 2. The van der Waals surface area contributed by atoms with E-state index in [4.69, 9.17) is 21.2 Å².